The lowest BCUT2D eigenvalue weighted by Gasteiger charge is -2.07. The number of nitrogens with two attached hydrogens (primary N) is 1. The van der Waals surface area contributed by atoms with E-state index in [1.54, 1.807) is 36.4 Å². The molecule has 0 bridgehead atoms. The fraction of sp³-hybridized carbons (Fsp3) is 0.0714. The normalized spacial score (nSPS) is 9.85. The first-order chi connectivity index (χ1) is 9.54. The molecule has 0 atom stereocenters. The first-order valence-electron chi connectivity index (χ1n) is 5.95. The van der Waals surface area contributed by atoms with Gasteiger partial charge < -0.3 is 16.4 Å². The van der Waals surface area contributed by atoms with Gasteiger partial charge in [-0.2, -0.15) is 0 Å². The molecule has 20 heavy (non-hydrogen) atoms. The molecule has 4 N–H and O–H groups in total. The maximum absolute atomic E-state index is 12.1. The summed E-state index contributed by atoms with van der Waals surface area (Å²) in [7, 11) is 0. The number of nitrogen functional groups attached to an aromatic ring is 1. The SMILES string of the molecule is CC(=O)Nc1cccc(C(=O)Nc2ccc(N)nc2)c1. The molecule has 6 heteroatoms. The third-order valence-corrected chi connectivity index (χ3v) is 2.49. The molecule has 6 nitrogen and oxygen atoms in total. The van der Waals surface area contributed by atoms with Crippen molar-refractivity contribution < 1.29 is 9.59 Å². The van der Waals surface area contributed by atoms with Gasteiger partial charge in [-0.1, -0.05) is 6.07 Å². The van der Waals surface area contributed by atoms with E-state index in [2.05, 4.69) is 15.6 Å². The molecule has 0 unspecified atom stereocenters. The number of amides is 2. The van der Waals surface area contributed by atoms with Crippen molar-refractivity contribution in [1.29, 1.82) is 0 Å². The number of aromatic nitrogens is 1. The van der Waals surface area contributed by atoms with Crippen LogP contribution in [0.2, 0.25) is 0 Å². The Morgan fingerprint density at radius 1 is 1.10 bits per heavy atom. The molecule has 1 aromatic carbocycles. The molecule has 0 aliphatic heterocycles. The summed E-state index contributed by atoms with van der Waals surface area (Å²) in [6.45, 7) is 1.41. The van der Waals surface area contributed by atoms with Crippen molar-refractivity contribution in [3.05, 3.63) is 48.2 Å². The molecule has 1 aromatic heterocycles. The topological polar surface area (TPSA) is 97.1 Å². The molecular weight excluding hydrogens is 256 g/mol. The van der Waals surface area contributed by atoms with Crippen molar-refractivity contribution in [3.8, 4) is 0 Å². The molecule has 0 saturated carbocycles. The molecule has 1 heterocycles. The zero-order valence-corrected chi connectivity index (χ0v) is 10.9. The summed E-state index contributed by atoms with van der Waals surface area (Å²) >= 11 is 0. The molecule has 0 aliphatic carbocycles. The summed E-state index contributed by atoms with van der Waals surface area (Å²) in [5, 5.41) is 5.32. The molecule has 0 saturated heterocycles. The molecule has 2 aromatic rings. The first-order valence-corrected chi connectivity index (χ1v) is 5.95. The number of hydrogen-bond donors (Lipinski definition) is 3. The zero-order valence-electron chi connectivity index (χ0n) is 10.9. The molecule has 0 radical (unpaired) electrons. The number of nitrogens with zero attached hydrogens (tertiary/aromatic N) is 1. The van der Waals surface area contributed by atoms with Crippen LogP contribution in [0.25, 0.3) is 0 Å². The summed E-state index contributed by atoms with van der Waals surface area (Å²) in [6, 6.07) is 9.93. The van der Waals surface area contributed by atoms with Crippen LogP contribution in [0.5, 0.6) is 0 Å². The van der Waals surface area contributed by atoms with E-state index in [0.29, 0.717) is 22.8 Å². The third-order valence-electron chi connectivity index (χ3n) is 2.49. The Kier molecular flexibility index (Phi) is 3.95. The summed E-state index contributed by atoms with van der Waals surface area (Å²) in [4.78, 5) is 26.9. The molecule has 0 aliphatic rings. The highest BCUT2D eigenvalue weighted by Gasteiger charge is 2.07. The minimum Gasteiger partial charge on any atom is -0.384 e. The third kappa shape index (κ3) is 3.55. The highest BCUT2D eigenvalue weighted by molar-refractivity contribution is 6.05. The van der Waals surface area contributed by atoms with Gasteiger partial charge in [0.1, 0.15) is 5.82 Å². The maximum Gasteiger partial charge on any atom is 0.255 e. The smallest absolute Gasteiger partial charge is 0.255 e. The van der Waals surface area contributed by atoms with Crippen molar-refractivity contribution >= 4 is 29.0 Å². The number of carbonyl (C=O) groups excluding carboxylic acids is 2. The van der Waals surface area contributed by atoms with Gasteiger partial charge in [-0.25, -0.2) is 4.98 Å². The number of rotatable bonds is 3. The lowest BCUT2D eigenvalue weighted by molar-refractivity contribution is -0.114. The van der Waals surface area contributed by atoms with Crippen LogP contribution >= 0.6 is 0 Å². The standard InChI is InChI=1S/C14H14N4O2/c1-9(19)17-11-4-2-3-10(7-11)14(20)18-12-5-6-13(15)16-8-12/h2-8H,1H3,(H2,15,16)(H,17,19)(H,18,20). The van der Waals surface area contributed by atoms with Crippen LogP contribution < -0.4 is 16.4 Å². The van der Waals surface area contributed by atoms with Crippen LogP contribution in [0.4, 0.5) is 17.2 Å². The predicted molar refractivity (Wildman–Crippen MR) is 77.3 cm³/mol. The van der Waals surface area contributed by atoms with Crippen molar-refractivity contribution in [3.63, 3.8) is 0 Å². The van der Waals surface area contributed by atoms with Gasteiger partial charge in [0, 0.05) is 18.2 Å². The van der Waals surface area contributed by atoms with Gasteiger partial charge in [-0.15, -0.1) is 0 Å². The van der Waals surface area contributed by atoms with Gasteiger partial charge in [0.25, 0.3) is 5.91 Å². The average molecular weight is 270 g/mol. The van der Waals surface area contributed by atoms with E-state index in [4.69, 9.17) is 5.73 Å². The lowest BCUT2D eigenvalue weighted by Crippen LogP contribution is -2.13. The second kappa shape index (κ2) is 5.83. The minimum absolute atomic E-state index is 0.190. The van der Waals surface area contributed by atoms with Gasteiger partial charge in [0.15, 0.2) is 0 Å². The lowest BCUT2D eigenvalue weighted by atomic mass is 10.2. The summed E-state index contributed by atoms with van der Waals surface area (Å²) in [5.74, 6) is -0.0929. The molecule has 102 valence electrons. The molecule has 0 fully saturated rings. The van der Waals surface area contributed by atoms with Crippen LogP contribution in [0.3, 0.4) is 0 Å². The van der Waals surface area contributed by atoms with E-state index in [0.717, 1.165) is 0 Å². The van der Waals surface area contributed by atoms with E-state index in [-0.39, 0.29) is 11.8 Å². The second-order valence-electron chi connectivity index (χ2n) is 4.19. The molecular formula is C14H14N4O2. The van der Waals surface area contributed by atoms with Crippen LogP contribution in [-0.4, -0.2) is 16.8 Å². The van der Waals surface area contributed by atoms with Crippen molar-refractivity contribution in [2.24, 2.45) is 0 Å². The minimum atomic E-state index is -0.288. The van der Waals surface area contributed by atoms with Crippen LogP contribution in [-0.2, 0) is 4.79 Å². The van der Waals surface area contributed by atoms with E-state index in [1.807, 2.05) is 0 Å². The van der Waals surface area contributed by atoms with Gasteiger partial charge in [-0.05, 0) is 30.3 Å². The molecule has 0 spiro atoms. The Bertz CT molecular complexity index is 638. The fourth-order valence-corrected chi connectivity index (χ4v) is 1.62. The van der Waals surface area contributed by atoms with Gasteiger partial charge >= 0.3 is 0 Å². The average Bonchev–Trinajstić information content (AvgIpc) is 2.41. The summed E-state index contributed by atoms with van der Waals surface area (Å²) < 4.78 is 0. The number of anilines is 3. The number of benzene rings is 1. The second-order valence-corrected chi connectivity index (χ2v) is 4.19. The van der Waals surface area contributed by atoms with E-state index in [9.17, 15) is 9.59 Å². The fourth-order valence-electron chi connectivity index (χ4n) is 1.62. The Labute approximate surface area is 116 Å². The van der Waals surface area contributed by atoms with Crippen molar-refractivity contribution in [2.45, 2.75) is 6.92 Å². The van der Waals surface area contributed by atoms with Crippen LogP contribution in [0.1, 0.15) is 17.3 Å². The van der Waals surface area contributed by atoms with Gasteiger partial charge in [-0.3, -0.25) is 9.59 Å². The predicted octanol–water partition coefficient (Wildman–Crippen LogP) is 1.87. The van der Waals surface area contributed by atoms with Crippen LogP contribution in [0.15, 0.2) is 42.6 Å². The van der Waals surface area contributed by atoms with Gasteiger partial charge in [0.2, 0.25) is 5.91 Å². The summed E-state index contributed by atoms with van der Waals surface area (Å²) in [5.41, 5.74) is 7.03. The maximum atomic E-state index is 12.1. The van der Waals surface area contributed by atoms with Crippen LogP contribution in [0, 0.1) is 0 Å². The monoisotopic (exact) mass is 270 g/mol. The van der Waals surface area contributed by atoms with Crippen molar-refractivity contribution in [1.82, 2.24) is 4.98 Å². The Morgan fingerprint density at radius 2 is 1.90 bits per heavy atom. The van der Waals surface area contributed by atoms with Crippen molar-refractivity contribution in [2.75, 3.05) is 16.4 Å². The number of nitrogens with one attached hydrogen (secondary N) is 2. The van der Waals surface area contributed by atoms with E-state index in [1.165, 1.54) is 13.1 Å². The summed E-state index contributed by atoms with van der Waals surface area (Å²) in [6.07, 6.45) is 1.48. The molecule has 2 amide bonds. The van der Waals surface area contributed by atoms with Gasteiger partial charge in [0.05, 0.1) is 11.9 Å². The highest BCUT2D eigenvalue weighted by Crippen LogP contribution is 2.13. The zero-order chi connectivity index (χ0) is 14.5. The Morgan fingerprint density at radius 3 is 2.55 bits per heavy atom. The molecule has 2 rings (SSSR count). The van der Waals surface area contributed by atoms with E-state index >= 15 is 0 Å². The van der Waals surface area contributed by atoms with E-state index < -0.39 is 0 Å². The quantitative estimate of drug-likeness (QED) is 0.793. The highest BCUT2D eigenvalue weighted by atomic mass is 16.2. The first kappa shape index (κ1) is 13.5. The number of carbonyl (C=O) groups is 2. The number of pyridine rings is 1. The number of hydrogen-bond acceptors (Lipinski definition) is 4. The Hall–Kier alpha value is -2.89. The largest absolute Gasteiger partial charge is 0.384 e. The Balaban J connectivity index is 2.12.